The molecule has 20 heavy (non-hydrogen) atoms. The van der Waals surface area contributed by atoms with Crippen LogP contribution in [-0.2, 0) is 4.79 Å². The zero-order valence-corrected chi connectivity index (χ0v) is 13.6. The number of amides is 2. The highest BCUT2D eigenvalue weighted by Gasteiger charge is 2.28. The summed E-state index contributed by atoms with van der Waals surface area (Å²) in [5.41, 5.74) is 0.984. The number of carboxylic acid groups (broad SMARTS) is 1. The SMILES string of the molecule is Cc1ccc(Br)cc1NC(=O)N(CC(=O)O)C(C)(C)C. The molecule has 110 valence electrons. The van der Waals surface area contributed by atoms with Gasteiger partial charge in [0.2, 0.25) is 0 Å². The third kappa shape index (κ3) is 4.52. The molecule has 0 heterocycles. The van der Waals surface area contributed by atoms with Gasteiger partial charge in [0, 0.05) is 15.7 Å². The van der Waals surface area contributed by atoms with Gasteiger partial charge in [0.1, 0.15) is 6.54 Å². The number of rotatable bonds is 3. The van der Waals surface area contributed by atoms with Crippen molar-refractivity contribution in [3.63, 3.8) is 0 Å². The number of anilines is 1. The number of hydrogen-bond acceptors (Lipinski definition) is 2. The molecule has 0 spiro atoms. The van der Waals surface area contributed by atoms with E-state index in [1.165, 1.54) is 4.90 Å². The highest BCUT2D eigenvalue weighted by Crippen LogP contribution is 2.22. The van der Waals surface area contributed by atoms with E-state index < -0.39 is 17.5 Å². The van der Waals surface area contributed by atoms with E-state index >= 15 is 0 Å². The summed E-state index contributed by atoms with van der Waals surface area (Å²) in [7, 11) is 0. The van der Waals surface area contributed by atoms with Crippen LogP contribution >= 0.6 is 15.9 Å². The van der Waals surface area contributed by atoms with Gasteiger partial charge in [0.05, 0.1) is 0 Å². The lowest BCUT2D eigenvalue weighted by atomic mass is 10.1. The Balaban J connectivity index is 2.96. The first-order valence-electron chi connectivity index (χ1n) is 6.18. The minimum absolute atomic E-state index is 0.345. The summed E-state index contributed by atoms with van der Waals surface area (Å²) < 4.78 is 0.846. The predicted octanol–water partition coefficient (Wildman–Crippen LogP) is 3.47. The summed E-state index contributed by atoms with van der Waals surface area (Å²) in [6.07, 6.45) is 0. The number of aryl methyl sites for hydroxylation is 1. The number of carboxylic acids is 1. The molecule has 0 aromatic heterocycles. The predicted molar refractivity (Wildman–Crippen MR) is 82.0 cm³/mol. The zero-order chi connectivity index (χ0) is 15.5. The average Bonchev–Trinajstić information content (AvgIpc) is 2.29. The fraction of sp³-hybridized carbons (Fsp3) is 0.429. The summed E-state index contributed by atoms with van der Waals surface area (Å²) in [5, 5.41) is 11.7. The van der Waals surface area contributed by atoms with Crippen LogP contribution in [0, 0.1) is 6.92 Å². The first-order valence-corrected chi connectivity index (χ1v) is 6.97. The molecule has 0 radical (unpaired) electrons. The standard InChI is InChI=1S/C14H19BrN2O3/c1-9-5-6-10(15)7-11(9)16-13(20)17(8-12(18)19)14(2,3)4/h5-7H,8H2,1-4H3,(H,16,20)(H,18,19). The number of hydrogen-bond donors (Lipinski definition) is 2. The van der Waals surface area contributed by atoms with Gasteiger partial charge in [-0.15, -0.1) is 0 Å². The number of urea groups is 1. The van der Waals surface area contributed by atoms with Crippen molar-refractivity contribution in [2.45, 2.75) is 33.2 Å². The minimum Gasteiger partial charge on any atom is -0.480 e. The first-order chi connectivity index (χ1) is 9.11. The molecule has 6 heteroatoms. The van der Waals surface area contributed by atoms with E-state index in [1.54, 1.807) is 26.8 Å². The molecule has 2 N–H and O–H groups in total. The Kier molecular flexibility index (Phi) is 5.16. The quantitative estimate of drug-likeness (QED) is 0.883. The van der Waals surface area contributed by atoms with Gasteiger partial charge in [0.25, 0.3) is 0 Å². The number of nitrogens with zero attached hydrogens (tertiary/aromatic N) is 1. The number of nitrogens with one attached hydrogen (secondary N) is 1. The van der Waals surface area contributed by atoms with Crippen molar-refractivity contribution in [3.05, 3.63) is 28.2 Å². The normalized spacial score (nSPS) is 11.1. The first kappa shape index (κ1) is 16.5. The summed E-state index contributed by atoms with van der Waals surface area (Å²) >= 11 is 3.34. The summed E-state index contributed by atoms with van der Waals surface area (Å²) in [6.45, 7) is 6.92. The molecule has 0 aliphatic carbocycles. The van der Waals surface area contributed by atoms with E-state index in [4.69, 9.17) is 5.11 Å². The molecule has 5 nitrogen and oxygen atoms in total. The third-order valence-corrected chi connectivity index (χ3v) is 3.28. The van der Waals surface area contributed by atoms with Crippen LogP contribution in [0.3, 0.4) is 0 Å². The second-order valence-electron chi connectivity index (χ2n) is 5.54. The largest absolute Gasteiger partial charge is 0.480 e. The van der Waals surface area contributed by atoms with E-state index in [1.807, 2.05) is 19.1 Å². The van der Waals surface area contributed by atoms with E-state index in [-0.39, 0.29) is 6.54 Å². The van der Waals surface area contributed by atoms with E-state index in [0.717, 1.165) is 10.0 Å². The van der Waals surface area contributed by atoms with Crippen molar-refractivity contribution in [1.29, 1.82) is 0 Å². The Morgan fingerprint density at radius 3 is 2.45 bits per heavy atom. The highest BCUT2D eigenvalue weighted by atomic mass is 79.9. The zero-order valence-electron chi connectivity index (χ0n) is 12.0. The van der Waals surface area contributed by atoms with Crippen molar-refractivity contribution in [2.75, 3.05) is 11.9 Å². The van der Waals surface area contributed by atoms with Crippen LogP contribution in [0.5, 0.6) is 0 Å². The molecule has 1 aromatic carbocycles. The Morgan fingerprint density at radius 2 is 1.95 bits per heavy atom. The molecule has 0 saturated carbocycles. The van der Waals surface area contributed by atoms with Gasteiger partial charge < -0.3 is 15.3 Å². The Hall–Kier alpha value is -1.56. The second kappa shape index (κ2) is 6.26. The second-order valence-corrected chi connectivity index (χ2v) is 6.46. The van der Waals surface area contributed by atoms with Crippen molar-refractivity contribution in [2.24, 2.45) is 0 Å². The molecule has 0 unspecified atom stereocenters. The lowest BCUT2D eigenvalue weighted by Gasteiger charge is -2.34. The van der Waals surface area contributed by atoms with Crippen LogP contribution in [0.1, 0.15) is 26.3 Å². The van der Waals surface area contributed by atoms with Gasteiger partial charge >= 0.3 is 12.0 Å². The van der Waals surface area contributed by atoms with Crippen LogP contribution in [0.2, 0.25) is 0 Å². The number of benzene rings is 1. The number of carbonyl (C=O) groups excluding carboxylic acids is 1. The Bertz CT molecular complexity index is 524. The van der Waals surface area contributed by atoms with Crippen LogP contribution in [0.25, 0.3) is 0 Å². The molecule has 0 fully saturated rings. The average molecular weight is 343 g/mol. The Labute approximate surface area is 127 Å². The molecule has 0 atom stereocenters. The maximum absolute atomic E-state index is 12.3. The summed E-state index contributed by atoms with van der Waals surface area (Å²) in [5.74, 6) is -1.04. The van der Waals surface area contributed by atoms with Gasteiger partial charge in [0.15, 0.2) is 0 Å². The van der Waals surface area contributed by atoms with Crippen molar-refractivity contribution >= 4 is 33.6 Å². The van der Waals surface area contributed by atoms with Crippen LogP contribution < -0.4 is 5.32 Å². The smallest absolute Gasteiger partial charge is 0.323 e. The maximum atomic E-state index is 12.3. The molecular formula is C14H19BrN2O3. The van der Waals surface area contributed by atoms with Crippen molar-refractivity contribution < 1.29 is 14.7 Å². The van der Waals surface area contributed by atoms with E-state index in [2.05, 4.69) is 21.2 Å². The van der Waals surface area contributed by atoms with Gasteiger partial charge in [-0.1, -0.05) is 22.0 Å². The van der Waals surface area contributed by atoms with Crippen LogP contribution in [0.4, 0.5) is 10.5 Å². The number of carbonyl (C=O) groups is 2. The Morgan fingerprint density at radius 1 is 1.35 bits per heavy atom. The highest BCUT2D eigenvalue weighted by molar-refractivity contribution is 9.10. The fourth-order valence-corrected chi connectivity index (χ4v) is 2.02. The molecule has 0 saturated heterocycles. The van der Waals surface area contributed by atoms with Crippen molar-refractivity contribution in [3.8, 4) is 0 Å². The number of aliphatic carboxylic acids is 1. The summed E-state index contributed by atoms with van der Waals surface area (Å²) in [6, 6.07) is 5.11. The fourth-order valence-electron chi connectivity index (χ4n) is 1.66. The van der Waals surface area contributed by atoms with Gasteiger partial charge in [-0.05, 0) is 45.4 Å². The third-order valence-electron chi connectivity index (χ3n) is 2.79. The van der Waals surface area contributed by atoms with E-state index in [0.29, 0.717) is 5.69 Å². The monoisotopic (exact) mass is 342 g/mol. The number of halogens is 1. The minimum atomic E-state index is -1.04. The summed E-state index contributed by atoms with van der Waals surface area (Å²) in [4.78, 5) is 24.5. The molecule has 1 aromatic rings. The molecule has 0 bridgehead atoms. The van der Waals surface area contributed by atoms with Crippen molar-refractivity contribution in [1.82, 2.24) is 4.90 Å². The lowest BCUT2D eigenvalue weighted by Crippen LogP contribution is -2.50. The molecule has 1 rings (SSSR count). The molecule has 0 aliphatic rings. The lowest BCUT2D eigenvalue weighted by molar-refractivity contribution is -0.138. The molecule has 0 aliphatic heterocycles. The van der Waals surface area contributed by atoms with E-state index in [9.17, 15) is 9.59 Å². The topological polar surface area (TPSA) is 69.6 Å². The maximum Gasteiger partial charge on any atom is 0.323 e. The van der Waals surface area contributed by atoms with Crippen LogP contribution in [0.15, 0.2) is 22.7 Å². The van der Waals surface area contributed by atoms with Gasteiger partial charge in [-0.2, -0.15) is 0 Å². The van der Waals surface area contributed by atoms with Gasteiger partial charge in [-0.3, -0.25) is 4.79 Å². The van der Waals surface area contributed by atoms with Gasteiger partial charge in [-0.25, -0.2) is 4.79 Å². The molecule has 2 amide bonds. The molecular weight excluding hydrogens is 324 g/mol. The van der Waals surface area contributed by atoms with Crippen LogP contribution in [-0.4, -0.2) is 34.1 Å².